The number of benzene rings is 3. The topological polar surface area (TPSA) is 38.9 Å². The van der Waals surface area contributed by atoms with Crippen molar-refractivity contribution in [1.29, 1.82) is 0 Å². The Labute approximate surface area is 140 Å². The van der Waals surface area contributed by atoms with E-state index in [1.807, 2.05) is 66.7 Å². The van der Waals surface area contributed by atoms with Gasteiger partial charge in [0.15, 0.2) is 0 Å². The summed E-state index contributed by atoms with van der Waals surface area (Å²) in [5, 5.41) is 8.57. The van der Waals surface area contributed by atoms with Crippen molar-refractivity contribution in [1.82, 2.24) is 10.2 Å². The van der Waals surface area contributed by atoms with Gasteiger partial charge in [-0.15, -0.1) is 10.2 Å². The molecule has 0 bridgehead atoms. The van der Waals surface area contributed by atoms with Crippen molar-refractivity contribution >= 4 is 0 Å². The molecule has 0 unspecified atom stereocenters. The van der Waals surface area contributed by atoms with Crippen LogP contribution in [0.2, 0.25) is 0 Å². The number of aromatic nitrogens is 2. The van der Waals surface area contributed by atoms with Crippen LogP contribution in [0, 0.1) is 0 Å². The lowest BCUT2D eigenvalue weighted by Crippen LogP contribution is -2.03. The largest absolute Gasteiger partial charge is 0.420 e. The van der Waals surface area contributed by atoms with Gasteiger partial charge in [-0.05, 0) is 23.3 Å². The molecule has 0 aliphatic carbocycles. The number of hydrogen-bond acceptors (Lipinski definition) is 3. The van der Waals surface area contributed by atoms with Crippen molar-refractivity contribution in [2.24, 2.45) is 0 Å². The van der Waals surface area contributed by atoms with E-state index in [-0.39, 0.29) is 5.92 Å². The molecule has 0 aliphatic heterocycles. The maximum absolute atomic E-state index is 6.02. The van der Waals surface area contributed by atoms with Gasteiger partial charge in [-0.1, -0.05) is 78.9 Å². The van der Waals surface area contributed by atoms with Crippen LogP contribution in [0.4, 0.5) is 0 Å². The first kappa shape index (κ1) is 14.4. The molecule has 0 N–H and O–H groups in total. The Balaban J connectivity index is 1.79. The van der Waals surface area contributed by atoms with Crippen LogP contribution in [0.1, 0.15) is 22.9 Å². The average Bonchev–Trinajstić information content (AvgIpc) is 3.14. The summed E-state index contributed by atoms with van der Waals surface area (Å²) in [6.07, 6.45) is 0. The second kappa shape index (κ2) is 6.50. The van der Waals surface area contributed by atoms with Crippen LogP contribution >= 0.6 is 0 Å². The fraction of sp³-hybridized carbons (Fsp3) is 0.0476. The molecule has 4 rings (SSSR count). The Morgan fingerprint density at radius 2 is 1.08 bits per heavy atom. The second-order valence-electron chi connectivity index (χ2n) is 5.57. The monoisotopic (exact) mass is 312 g/mol. The summed E-state index contributed by atoms with van der Waals surface area (Å²) in [6.45, 7) is 0. The van der Waals surface area contributed by atoms with Gasteiger partial charge in [-0.3, -0.25) is 0 Å². The van der Waals surface area contributed by atoms with Gasteiger partial charge in [0.05, 0.1) is 5.92 Å². The smallest absolute Gasteiger partial charge is 0.247 e. The van der Waals surface area contributed by atoms with Crippen LogP contribution in [-0.2, 0) is 0 Å². The van der Waals surface area contributed by atoms with E-state index in [9.17, 15) is 0 Å². The number of rotatable bonds is 4. The van der Waals surface area contributed by atoms with Crippen LogP contribution in [0.5, 0.6) is 0 Å². The Kier molecular flexibility index (Phi) is 3.90. The van der Waals surface area contributed by atoms with Gasteiger partial charge in [-0.2, -0.15) is 0 Å². The minimum absolute atomic E-state index is 0.0719. The molecule has 3 heteroatoms. The van der Waals surface area contributed by atoms with Gasteiger partial charge in [-0.25, -0.2) is 0 Å². The van der Waals surface area contributed by atoms with Crippen molar-refractivity contribution in [2.45, 2.75) is 5.92 Å². The maximum Gasteiger partial charge on any atom is 0.247 e. The fourth-order valence-corrected chi connectivity index (χ4v) is 2.82. The van der Waals surface area contributed by atoms with Gasteiger partial charge in [0.1, 0.15) is 0 Å². The molecule has 0 fully saturated rings. The van der Waals surface area contributed by atoms with Crippen LogP contribution in [0.25, 0.3) is 11.5 Å². The molecule has 0 atom stereocenters. The second-order valence-corrected chi connectivity index (χ2v) is 5.57. The molecular weight excluding hydrogens is 296 g/mol. The average molecular weight is 312 g/mol. The molecule has 24 heavy (non-hydrogen) atoms. The highest BCUT2D eigenvalue weighted by molar-refractivity contribution is 5.52. The zero-order chi connectivity index (χ0) is 16.2. The van der Waals surface area contributed by atoms with Gasteiger partial charge in [0.2, 0.25) is 11.8 Å². The van der Waals surface area contributed by atoms with Gasteiger partial charge in [0, 0.05) is 5.56 Å². The Bertz CT molecular complexity index is 863. The molecule has 3 aromatic carbocycles. The fourth-order valence-electron chi connectivity index (χ4n) is 2.82. The Morgan fingerprint density at radius 1 is 0.583 bits per heavy atom. The zero-order valence-corrected chi connectivity index (χ0v) is 13.0. The third-order valence-electron chi connectivity index (χ3n) is 3.97. The molecule has 4 aromatic rings. The predicted molar refractivity (Wildman–Crippen MR) is 93.6 cm³/mol. The minimum Gasteiger partial charge on any atom is -0.420 e. The quantitative estimate of drug-likeness (QED) is 0.537. The SMILES string of the molecule is c1ccc(-c2nnc(C(c3ccccc3)c3ccccc3)o2)cc1. The summed E-state index contributed by atoms with van der Waals surface area (Å²) in [5.74, 6) is 1.08. The summed E-state index contributed by atoms with van der Waals surface area (Å²) in [7, 11) is 0. The van der Waals surface area contributed by atoms with Gasteiger partial charge < -0.3 is 4.42 Å². The van der Waals surface area contributed by atoms with E-state index in [4.69, 9.17) is 4.42 Å². The van der Waals surface area contributed by atoms with Crippen LogP contribution in [0.3, 0.4) is 0 Å². The van der Waals surface area contributed by atoms with E-state index in [0.29, 0.717) is 11.8 Å². The van der Waals surface area contributed by atoms with E-state index < -0.39 is 0 Å². The van der Waals surface area contributed by atoms with Crippen molar-refractivity contribution in [3.05, 3.63) is 108 Å². The predicted octanol–water partition coefficient (Wildman–Crippen LogP) is 4.92. The first-order valence-electron chi connectivity index (χ1n) is 7.90. The number of nitrogens with zero attached hydrogens (tertiary/aromatic N) is 2. The maximum atomic E-state index is 6.02. The van der Waals surface area contributed by atoms with Crippen LogP contribution < -0.4 is 0 Å². The van der Waals surface area contributed by atoms with Gasteiger partial charge >= 0.3 is 0 Å². The molecule has 0 radical (unpaired) electrons. The van der Waals surface area contributed by atoms with Crippen molar-refractivity contribution in [2.75, 3.05) is 0 Å². The van der Waals surface area contributed by atoms with E-state index >= 15 is 0 Å². The Morgan fingerprint density at radius 3 is 1.62 bits per heavy atom. The van der Waals surface area contributed by atoms with Crippen LogP contribution in [-0.4, -0.2) is 10.2 Å². The normalized spacial score (nSPS) is 10.9. The molecule has 0 spiro atoms. The minimum atomic E-state index is -0.0719. The summed E-state index contributed by atoms with van der Waals surface area (Å²) in [6, 6.07) is 30.3. The van der Waals surface area contributed by atoms with Crippen LogP contribution in [0.15, 0.2) is 95.4 Å². The lowest BCUT2D eigenvalue weighted by atomic mass is 9.91. The molecular formula is C21H16N2O. The molecule has 1 heterocycles. The molecule has 0 saturated heterocycles. The molecule has 0 aliphatic rings. The molecule has 0 amide bonds. The summed E-state index contributed by atoms with van der Waals surface area (Å²) < 4.78 is 6.02. The van der Waals surface area contributed by atoms with E-state index in [2.05, 4.69) is 34.5 Å². The summed E-state index contributed by atoms with van der Waals surface area (Å²) in [5.41, 5.74) is 3.19. The standard InChI is InChI=1S/C21H16N2O/c1-4-10-16(11-5-1)19(17-12-6-2-7-13-17)21-23-22-20(24-21)18-14-8-3-9-15-18/h1-15,19H. The first-order chi connectivity index (χ1) is 11.9. The lowest BCUT2D eigenvalue weighted by Gasteiger charge is -2.13. The van der Waals surface area contributed by atoms with Crippen molar-refractivity contribution in [3.63, 3.8) is 0 Å². The van der Waals surface area contributed by atoms with E-state index in [0.717, 1.165) is 16.7 Å². The molecule has 1 aromatic heterocycles. The van der Waals surface area contributed by atoms with Gasteiger partial charge in [0.25, 0.3) is 0 Å². The van der Waals surface area contributed by atoms with Crippen molar-refractivity contribution < 1.29 is 4.42 Å². The number of hydrogen-bond donors (Lipinski definition) is 0. The molecule has 0 saturated carbocycles. The molecule has 3 nitrogen and oxygen atoms in total. The lowest BCUT2D eigenvalue weighted by molar-refractivity contribution is 0.499. The zero-order valence-electron chi connectivity index (χ0n) is 13.0. The third-order valence-corrected chi connectivity index (χ3v) is 3.97. The first-order valence-corrected chi connectivity index (χ1v) is 7.90. The molecule has 116 valence electrons. The summed E-state index contributed by atoms with van der Waals surface area (Å²) in [4.78, 5) is 0. The van der Waals surface area contributed by atoms with Crippen molar-refractivity contribution in [3.8, 4) is 11.5 Å². The van der Waals surface area contributed by atoms with E-state index in [1.165, 1.54) is 0 Å². The highest BCUT2D eigenvalue weighted by atomic mass is 16.4. The van der Waals surface area contributed by atoms with E-state index in [1.54, 1.807) is 0 Å². The highest BCUT2D eigenvalue weighted by Gasteiger charge is 2.23. The Hall–Kier alpha value is -3.20. The highest BCUT2D eigenvalue weighted by Crippen LogP contribution is 2.32. The third kappa shape index (κ3) is 2.84. The summed E-state index contributed by atoms with van der Waals surface area (Å²) >= 11 is 0.